The van der Waals surface area contributed by atoms with Crippen LogP contribution in [0, 0.1) is 0 Å². The van der Waals surface area contributed by atoms with Gasteiger partial charge >= 0.3 is 17.1 Å². The maximum absolute atomic E-state index is 12.5. The van der Waals surface area contributed by atoms with Crippen LogP contribution in [0.4, 0.5) is 0 Å². The Morgan fingerprint density at radius 3 is 1.85 bits per heavy atom. The van der Waals surface area contributed by atoms with Gasteiger partial charge in [-0.1, -0.05) is 84.0 Å². The molecule has 0 fully saturated rings. The normalized spacial score (nSPS) is 12.0. The Kier molecular flexibility index (Phi) is 22.1. The number of aromatic nitrogens is 2. The Morgan fingerprint density at radius 1 is 0.805 bits per heavy atom. The van der Waals surface area contributed by atoms with Crippen molar-refractivity contribution < 1.29 is 51.3 Å². The molecule has 1 radical (unpaired) electrons. The first-order valence-corrected chi connectivity index (χ1v) is 14.5. The van der Waals surface area contributed by atoms with E-state index in [9.17, 15) is 34.2 Å². The number of aliphatic carboxylic acids is 2. The van der Waals surface area contributed by atoms with Crippen molar-refractivity contribution in [3.05, 3.63) is 18.2 Å². The van der Waals surface area contributed by atoms with Crippen molar-refractivity contribution in [3.8, 4) is 0 Å². The molecule has 1 aromatic rings. The van der Waals surface area contributed by atoms with Crippen LogP contribution < -0.4 is 26.2 Å². The zero-order valence-electron chi connectivity index (χ0n) is 23.9. The second-order valence-corrected chi connectivity index (χ2v) is 10.1. The third-order valence-corrected chi connectivity index (χ3v) is 6.56. The monoisotopic (exact) mass is 626 g/mol. The average molecular weight is 627 g/mol. The number of carboxylic acid groups (broad SMARTS) is 2. The second kappa shape index (κ2) is 23.8. The minimum absolute atomic E-state index is 0. The smallest absolute Gasteiger partial charge is 0.550 e. The molecule has 0 aliphatic rings. The Bertz CT molecular complexity index is 898. The summed E-state index contributed by atoms with van der Waals surface area (Å²) in [6.07, 6.45) is 17.4. The zero-order valence-corrected chi connectivity index (χ0v) is 24.9. The maximum Gasteiger partial charge on any atom is 2.00 e. The molecule has 0 unspecified atom stereocenters. The molecule has 2 atom stereocenters. The van der Waals surface area contributed by atoms with Crippen LogP contribution in [-0.2, 0) is 47.5 Å². The number of nitrogens with one attached hydrogen (secondary N) is 4. The van der Waals surface area contributed by atoms with Crippen LogP contribution >= 0.6 is 0 Å². The molecule has 235 valence electrons. The van der Waals surface area contributed by atoms with Crippen LogP contribution in [0.2, 0.25) is 0 Å². The topological polar surface area (TPSA) is 196 Å². The van der Waals surface area contributed by atoms with Gasteiger partial charge in [0.05, 0.1) is 24.9 Å². The second-order valence-electron chi connectivity index (χ2n) is 10.1. The number of hydrogen-bond acceptors (Lipinski definition) is 8. The Balaban J connectivity index is 0.0000160. The van der Waals surface area contributed by atoms with Crippen molar-refractivity contribution in [2.24, 2.45) is 0 Å². The van der Waals surface area contributed by atoms with Crippen LogP contribution in [0.25, 0.3) is 0 Å². The predicted molar refractivity (Wildman–Crippen MR) is 144 cm³/mol. The van der Waals surface area contributed by atoms with E-state index in [4.69, 9.17) is 0 Å². The number of carboxylic acids is 2. The van der Waals surface area contributed by atoms with Gasteiger partial charge in [0, 0.05) is 37.1 Å². The summed E-state index contributed by atoms with van der Waals surface area (Å²) in [5, 5.41) is 29.3. The number of nitrogens with zero attached hydrogens (tertiary/aromatic N) is 1. The molecule has 0 saturated heterocycles. The van der Waals surface area contributed by atoms with Gasteiger partial charge < -0.3 is 40.7 Å². The third-order valence-electron chi connectivity index (χ3n) is 6.56. The van der Waals surface area contributed by atoms with Crippen LogP contribution in [-0.4, -0.2) is 58.3 Å². The van der Waals surface area contributed by atoms with E-state index < -0.39 is 48.8 Å². The van der Waals surface area contributed by atoms with Gasteiger partial charge in [0.15, 0.2) is 0 Å². The van der Waals surface area contributed by atoms with Gasteiger partial charge in [-0.25, -0.2) is 4.98 Å². The molecule has 0 spiro atoms. The third kappa shape index (κ3) is 19.7. The molecule has 13 heteroatoms. The quantitative estimate of drug-likeness (QED) is 0.0934. The molecule has 0 saturated carbocycles. The first-order valence-electron chi connectivity index (χ1n) is 14.5. The molecule has 41 heavy (non-hydrogen) atoms. The number of hydrogen-bond donors (Lipinski definition) is 4. The van der Waals surface area contributed by atoms with E-state index in [1.54, 1.807) is 0 Å². The van der Waals surface area contributed by atoms with Gasteiger partial charge in [0.2, 0.25) is 17.7 Å². The first-order chi connectivity index (χ1) is 19.2. The summed E-state index contributed by atoms with van der Waals surface area (Å²) in [6.45, 7) is 1.77. The fraction of sp³-hybridized carbons (Fsp3) is 0.714. The van der Waals surface area contributed by atoms with E-state index in [1.165, 1.54) is 70.3 Å². The number of carbonyl (C=O) groups is 5. The first kappa shape index (κ1) is 38.1. The Morgan fingerprint density at radius 2 is 1.37 bits per heavy atom. The molecular weight excluding hydrogens is 582 g/mol. The summed E-state index contributed by atoms with van der Waals surface area (Å²) in [5.74, 6) is -5.37. The predicted octanol–water partition coefficient (Wildman–Crippen LogP) is 0.407. The van der Waals surface area contributed by atoms with Gasteiger partial charge in [0.1, 0.15) is 6.04 Å². The molecule has 1 aromatic heterocycles. The fourth-order valence-electron chi connectivity index (χ4n) is 4.27. The average Bonchev–Trinajstić information content (AvgIpc) is 3.42. The van der Waals surface area contributed by atoms with E-state index >= 15 is 0 Å². The fourth-order valence-corrected chi connectivity index (χ4v) is 4.27. The molecule has 1 heterocycles. The number of H-pyrrole nitrogens is 1. The molecule has 0 aromatic carbocycles. The van der Waals surface area contributed by atoms with Crippen molar-refractivity contribution in [2.75, 3.05) is 6.54 Å². The number of unbranched alkanes of at least 4 members (excludes halogenated alkanes) is 12. The molecule has 4 N–H and O–H groups in total. The van der Waals surface area contributed by atoms with Crippen molar-refractivity contribution in [3.63, 3.8) is 0 Å². The van der Waals surface area contributed by atoms with Crippen LogP contribution in [0.3, 0.4) is 0 Å². The molecule has 0 bridgehead atoms. The number of imidazole rings is 1. The minimum atomic E-state index is -1.62. The number of rotatable bonds is 24. The Labute approximate surface area is 253 Å². The maximum atomic E-state index is 12.5. The van der Waals surface area contributed by atoms with Gasteiger partial charge in [-0.05, 0) is 6.42 Å². The van der Waals surface area contributed by atoms with E-state index in [2.05, 4.69) is 32.8 Å². The number of carbonyl (C=O) groups excluding carboxylic acids is 5. The van der Waals surface area contributed by atoms with E-state index in [-0.39, 0.29) is 35.8 Å². The minimum Gasteiger partial charge on any atom is -0.550 e. The summed E-state index contributed by atoms with van der Waals surface area (Å²) < 4.78 is 0. The van der Waals surface area contributed by atoms with Crippen LogP contribution in [0.1, 0.15) is 109 Å². The largest absolute Gasteiger partial charge is 2.00 e. The molecule has 3 amide bonds. The summed E-state index contributed by atoms with van der Waals surface area (Å²) in [7, 11) is 0. The van der Waals surface area contributed by atoms with Crippen LogP contribution in [0.5, 0.6) is 0 Å². The summed E-state index contributed by atoms with van der Waals surface area (Å²) in [5.41, 5.74) is 0.404. The summed E-state index contributed by atoms with van der Waals surface area (Å²) in [6, 6.07) is -3.09. The summed E-state index contributed by atoms with van der Waals surface area (Å²) >= 11 is 0. The van der Waals surface area contributed by atoms with Crippen molar-refractivity contribution >= 4 is 29.7 Å². The summed E-state index contributed by atoms with van der Waals surface area (Å²) in [4.78, 5) is 65.8. The van der Waals surface area contributed by atoms with Gasteiger partial charge in [-0.2, -0.15) is 0 Å². The number of aromatic amines is 1. The standard InChI is InChI=1S/C28H47N5O7.Cu/c1-2-3-4-5-6-7-8-9-10-11-12-13-14-15-24(34)30-19-25(35)32-22(17-26(36)37)27(38)33-23(28(39)40)16-21-18-29-20-31-21;/h18,20,22-23H,2-17,19H2,1H3,(H,29,31)(H,30,34)(H,32,35)(H,33,38)(H,36,37)(H,39,40);/q;+2/p-2/t22-,23-;/m0./s1. The molecule has 1 rings (SSSR count). The van der Waals surface area contributed by atoms with Crippen molar-refractivity contribution in [1.82, 2.24) is 25.9 Å². The molecular formula is C28H45CuN5O7. The van der Waals surface area contributed by atoms with Gasteiger partial charge in [-0.15, -0.1) is 0 Å². The van der Waals surface area contributed by atoms with E-state index in [0.29, 0.717) is 12.1 Å². The van der Waals surface area contributed by atoms with Crippen LogP contribution in [0.15, 0.2) is 12.5 Å². The van der Waals surface area contributed by atoms with Gasteiger partial charge in [0.25, 0.3) is 0 Å². The van der Waals surface area contributed by atoms with E-state index in [0.717, 1.165) is 19.3 Å². The molecule has 12 nitrogen and oxygen atoms in total. The zero-order chi connectivity index (χ0) is 29.6. The number of amides is 3. The SMILES string of the molecule is CCCCCCCCCCCCCCCC(=O)NCC(=O)N[C@@H](CC(=O)[O-])C(=O)N[C@@H](Cc1cnc[nH]1)C(=O)[O-].[Cu+2]. The molecule has 0 aliphatic carbocycles. The van der Waals surface area contributed by atoms with Crippen molar-refractivity contribution in [2.45, 2.75) is 122 Å². The van der Waals surface area contributed by atoms with Crippen molar-refractivity contribution in [1.29, 1.82) is 0 Å². The molecule has 0 aliphatic heterocycles. The Hall–Kier alpha value is -2.92. The van der Waals surface area contributed by atoms with Gasteiger partial charge in [-0.3, -0.25) is 14.4 Å². The van der Waals surface area contributed by atoms with E-state index in [1.807, 2.05) is 0 Å².